The van der Waals surface area contributed by atoms with Crippen molar-refractivity contribution in [2.45, 2.75) is 43.7 Å². The monoisotopic (exact) mass is 211 g/mol. The molecular formula is C11H21N3O. The van der Waals surface area contributed by atoms with Gasteiger partial charge >= 0.3 is 0 Å². The topological polar surface area (TPSA) is 72.3 Å². The molecule has 2 aliphatic rings. The minimum atomic E-state index is -0.748. The number of carbonyl (C=O) groups is 1. The molecule has 2 fully saturated rings. The highest BCUT2D eigenvalue weighted by molar-refractivity contribution is 5.84. The summed E-state index contributed by atoms with van der Waals surface area (Å²) in [6.07, 6.45) is 5.19. The van der Waals surface area contributed by atoms with Crippen LogP contribution >= 0.6 is 0 Å². The fourth-order valence-electron chi connectivity index (χ4n) is 2.51. The van der Waals surface area contributed by atoms with Crippen LogP contribution < -0.4 is 11.5 Å². The molecule has 0 saturated heterocycles. The van der Waals surface area contributed by atoms with Gasteiger partial charge in [0.05, 0.1) is 5.54 Å². The van der Waals surface area contributed by atoms with Crippen molar-refractivity contribution in [1.82, 2.24) is 4.90 Å². The van der Waals surface area contributed by atoms with Gasteiger partial charge in [-0.1, -0.05) is 0 Å². The molecule has 86 valence electrons. The van der Waals surface area contributed by atoms with Gasteiger partial charge in [-0.05, 0) is 45.1 Å². The fourth-order valence-corrected chi connectivity index (χ4v) is 2.51. The third-order valence-electron chi connectivity index (χ3n) is 3.88. The lowest BCUT2D eigenvalue weighted by Crippen LogP contribution is -2.51. The first-order chi connectivity index (χ1) is 7.01. The van der Waals surface area contributed by atoms with Gasteiger partial charge < -0.3 is 16.4 Å². The minimum absolute atomic E-state index is 0.343. The Labute approximate surface area is 91.0 Å². The van der Waals surface area contributed by atoms with E-state index in [1.165, 1.54) is 12.8 Å². The van der Waals surface area contributed by atoms with Gasteiger partial charge in [0.15, 0.2) is 0 Å². The predicted molar refractivity (Wildman–Crippen MR) is 59.1 cm³/mol. The first kappa shape index (κ1) is 10.9. The van der Waals surface area contributed by atoms with E-state index in [1.54, 1.807) is 0 Å². The number of nitrogens with two attached hydrogens (primary N) is 2. The summed E-state index contributed by atoms with van der Waals surface area (Å²) in [5.74, 6) is 0.543. The van der Waals surface area contributed by atoms with E-state index in [-0.39, 0.29) is 5.91 Å². The Morgan fingerprint density at radius 1 is 1.47 bits per heavy atom. The predicted octanol–water partition coefficient (Wildman–Crippen LogP) is 0.0635. The first-order valence-electron chi connectivity index (χ1n) is 5.80. The van der Waals surface area contributed by atoms with Crippen LogP contribution in [-0.4, -0.2) is 36.0 Å². The van der Waals surface area contributed by atoms with Crippen molar-refractivity contribution in [3.8, 4) is 0 Å². The van der Waals surface area contributed by atoms with Crippen LogP contribution in [0.4, 0.5) is 0 Å². The van der Waals surface area contributed by atoms with Crippen LogP contribution in [0, 0.1) is 5.92 Å². The van der Waals surface area contributed by atoms with E-state index in [4.69, 9.17) is 11.5 Å². The van der Waals surface area contributed by atoms with Crippen LogP contribution in [0.15, 0.2) is 0 Å². The van der Waals surface area contributed by atoms with Gasteiger partial charge in [0, 0.05) is 12.6 Å². The summed E-state index contributed by atoms with van der Waals surface area (Å²) in [7, 11) is 2.13. The van der Waals surface area contributed by atoms with Crippen molar-refractivity contribution in [2.24, 2.45) is 17.4 Å². The summed E-state index contributed by atoms with van der Waals surface area (Å²) in [5, 5.41) is 0. The summed E-state index contributed by atoms with van der Waals surface area (Å²) >= 11 is 0. The van der Waals surface area contributed by atoms with Gasteiger partial charge in [-0.3, -0.25) is 4.79 Å². The summed E-state index contributed by atoms with van der Waals surface area (Å²) in [4.78, 5) is 13.6. The zero-order chi connectivity index (χ0) is 11.1. The molecule has 0 aromatic carbocycles. The normalized spacial score (nSPS) is 36.1. The van der Waals surface area contributed by atoms with Crippen LogP contribution in [0.5, 0.6) is 0 Å². The molecular weight excluding hydrogens is 190 g/mol. The molecule has 0 aromatic rings. The lowest BCUT2D eigenvalue weighted by molar-refractivity contribution is -0.123. The molecule has 2 atom stereocenters. The minimum Gasteiger partial charge on any atom is -0.368 e. The molecule has 0 aliphatic heterocycles. The molecule has 2 saturated carbocycles. The fraction of sp³-hybridized carbons (Fsp3) is 0.909. The maximum Gasteiger partial charge on any atom is 0.237 e. The summed E-state index contributed by atoms with van der Waals surface area (Å²) in [6.45, 7) is 1.15. The number of amides is 1. The highest BCUT2D eigenvalue weighted by Crippen LogP contribution is 2.34. The molecule has 0 spiro atoms. The second-order valence-corrected chi connectivity index (χ2v) is 5.30. The Bertz CT molecular complexity index is 265. The van der Waals surface area contributed by atoms with E-state index in [1.807, 2.05) is 0 Å². The van der Waals surface area contributed by atoms with Crippen LogP contribution in [0.2, 0.25) is 0 Å². The number of carbonyl (C=O) groups excluding carboxylic acids is 1. The lowest BCUT2D eigenvalue weighted by atomic mass is 9.98. The Morgan fingerprint density at radius 3 is 2.60 bits per heavy atom. The average Bonchev–Trinajstić information content (AvgIpc) is 2.87. The van der Waals surface area contributed by atoms with E-state index in [2.05, 4.69) is 11.9 Å². The van der Waals surface area contributed by atoms with Crippen molar-refractivity contribution < 1.29 is 4.79 Å². The SMILES string of the molecule is CN(CC1CC1)C1CCC(N)(C(N)=O)C1. The van der Waals surface area contributed by atoms with Crippen LogP contribution in [-0.2, 0) is 4.79 Å². The number of rotatable bonds is 4. The molecule has 2 aliphatic carbocycles. The van der Waals surface area contributed by atoms with Crippen molar-refractivity contribution in [2.75, 3.05) is 13.6 Å². The summed E-state index contributed by atoms with van der Waals surface area (Å²) < 4.78 is 0. The maximum atomic E-state index is 11.2. The molecule has 4 heteroatoms. The number of hydrogen-bond donors (Lipinski definition) is 2. The van der Waals surface area contributed by atoms with Crippen molar-refractivity contribution in [3.05, 3.63) is 0 Å². The molecule has 0 aromatic heterocycles. The largest absolute Gasteiger partial charge is 0.368 e. The van der Waals surface area contributed by atoms with E-state index in [9.17, 15) is 4.79 Å². The first-order valence-corrected chi connectivity index (χ1v) is 5.80. The van der Waals surface area contributed by atoms with Gasteiger partial charge in [-0.2, -0.15) is 0 Å². The van der Waals surface area contributed by atoms with E-state index in [0.29, 0.717) is 6.04 Å². The highest BCUT2D eigenvalue weighted by Gasteiger charge is 2.42. The van der Waals surface area contributed by atoms with E-state index >= 15 is 0 Å². The summed E-state index contributed by atoms with van der Waals surface area (Å²) in [5.41, 5.74) is 10.6. The van der Waals surface area contributed by atoms with Gasteiger partial charge in [-0.25, -0.2) is 0 Å². The average molecular weight is 211 g/mol. The van der Waals surface area contributed by atoms with Gasteiger partial charge in [0.25, 0.3) is 0 Å². The molecule has 2 rings (SSSR count). The van der Waals surface area contributed by atoms with Gasteiger partial charge in [0.2, 0.25) is 5.91 Å². The second kappa shape index (κ2) is 3.76. The molecule has 4 nitrogen and oxygen atoms in total. The second-order valence-electron chi connectivity index (χ2n) is 5.30. The third-order valence-corrected chi connectivity index (χ3v) is 3.88. The van der Waals surface area contributed by atoms with E-state index < -0.39 is 5.54 Å². The van der Waals surface area contributed by atoms with Crippen LogP contribution in [0.25, 0.3) is 0 Å². The molecule has 1 amide bonds. The third kappa shape index (κ3) is 2.32. The molecule has 0 radical (unpaired) electrons. The molecule has 2 unspecified atom stereocenters. The Morgan fingerprint density at radius 2 is 2.13 bits per heavy atom. The van der Waals surface area contributed by atoms with Gasteiger partial charge in [0.1, 0.15) is 0 Å². The highest BCUT2D eigenvalue weighted by atomic mass is 16.1. The van der Waals surface area contributed by atoms with Crippen molar-refractivity contribution >= 4 is 5.91 Å². The molecule has 15 heavy (non-hydrogen) atoms. The Balaban J connectivity index is 1.87. The number of nitrogens with zero attached hydrogens (tertiary/aromatic N) is 1. The Hall–Kier alpha value is -0.610. The van der Waals surface area contributed by atoms with Crippen LogP contribution in [0.3, 0.4) is 0 Å². The lowest BCUT2D eigenvalue weighted by Gasteiger charge is -2.26. The molecule has 4 N–H and O–H groups in total. The van der Waals surface area contributed by atoms with E-state index in [0.717, 1.165) is 31.7 Å². The zero-order valence-corrected chi connectivity index (χ0v) is 9.41. The molecule has 0 bridgehead atoms. The van der Waals surface area contributed by atoms with Crippen LogP contribution in [0.1, 0.15) is 32.1 Å². The van der Waals surface area contributed by atoms with Crippen molar-refractivity contribution in [1.29, 1.82) is 0 Å². The Kier molecular flexibility index (Phi) is 2.73. The molecule has 0 heterocycles. The van der Waals surface area contributed by atoms with Gasteiger partial charge in [-0.15, -0.1) is 0 Å². The number of hydrogen-bond acceptors (Lipinski definition) is 3. The summed E-state index contributed by atoms with van der Waals surface area (Å²) in [6, 6.07) is 0.447. The number of primary amides is 1. The smallest absolute Gasteiger partial charge is 0.237 e. The zero-order valence-electron chi connectivity index (χ0n) is 9.41. The quantitative estimate of drug-likeness (QED) is 0.691. The van der Waals surface area contributed by atoms with Crippen molar-refractivity contribution in [3.63, 3.8) is 0 Å². The maximum absolute atomic E-state index is 11.2. The standard InChI is InChI=1S/C11H21N3O/c1-14(7-8-2-3-8)9-4-5-11(13,6-9)10(12)15/h8-9H,2-7,13H2,1H3,(H2,12,15).